The molecule has 0 radical (unpaired) electrons. The van der Waals surface area contributed by atoms with Crippen LogP contribution in [0.3, 0.4) is 0 Å². The Morgan fingerprint density at radius 2 is 2.00 bits per heavy atom. The molecule has 1 atom stereocenters. The number of hydrogen-bond donors (Lipinski definition) is 0. The summed E-state index contributed by atoms with van der Waals surface area (Å²) in [7, 11) is 0. The van der Waals surface area contributed by atoms with Crippen LogP contribution in [0.25, 0.3) is 5.95 Å². The second kappa shape index (κ2) is 5.81. The van der Waals surface area contributed by atoms with E-state index in [9.17, 15) is 9.18 Å². The first-order valence-electron chi connectivity index (χ1n) is 7.65. The third-order valence-corrected chi connectivity index (χ3v) is 3.61. The summed E-state index contributed by atoms with van der Waals surface area (Å²) in [4.78, 5) is 21.8. The molecule has 1 unspecified atom stereocenters. The molecule has 128 valence electrons. The second-order valence-electron chi connectivity index (χ2n) is 6.76. The minimum Gasteiger partial charge on any atom is -0.444 e. The Kier molecular flexibility index (Phi) is 3.94. The van der Waals surface area contributed by atoms with E-state index in [-0.39, 0.29) is 18.1 Å². The fourth-order valence-electron chi connectivity index (χ4n) is 2.51. The molecule has 1 aliphatic rings. The smallest absolute Gasteiger partial charge is 0.410 e. The number of rotatable bonds is 1. The van der Waals surface area contributed by atoms with Gasteiger partial charge in [0.1, 0.15) is 11.3 Å². The molecule has 0 aliphatic carbocycles. The van der Waals surface area contributed by atoms with Gasteiger partial charge in [-0.05, 0) is 27.7 Å². The molecular formula is C15H19FN6O2. The maximum absolute atomic E-state index is 13.0. The molecule has 24 heavy (non-hydrogen) atoms. The van der Waals surface area contributed by atoms with Gasteiger partial charge in [0.2, 0.25) is 0 Å². The molecule has 3 heterocycles. The van der Waals surface area contributed by atoms with E-state index in [0.717, 1.165) is 18.1 Å². The molecule has 0 bridgehead atoms. The van der Waals surface area contributed by atoms with Crippen LogP contribution in [-0.4, -0.2) is 47.6 Å². The number of ether oxygens (including phenoxy) is 1. The summed E-state index contributed by atoms with van der Waals surface area (Å²) in [5.74, 6) is -0.264. The van der Waals surface area contributed by atoms with Crippen molar-refractivity contribution >= 4 is 6.09 Å². The average molecular weight is 334 g/mol. The molecule has 0 N–H and O–H groups in total. The van der Waals surface area contributed by atoms with Gasteiger partial charge >= 0.3 is 6.09 Å². The quantitative estimate of drug-likeness (QED) is 0.791. The van der Waals surface area contributed by atoms with Crippen LogP contribution in [-0.2, 0) is 17.7 Å². The molecule has 0 fully saturated rings. The third-order valence-electron chi connectivity index (χ3n) is 3.61. The van der Waals surface area contributed by atoms with Crippen LogP contribution >= 0.6 is 0 Å². The van der Waals surface area contributed by atoms with Crippen molar-refractivity contribution in [1.29, 1.82) is 0 Å². The number of halogens is 1. The zero-order valence-electron chi connectivity index (χ0n) is 14.0. The lowest BCUT2D eigenvalue weighted by molar-refractivity contribution is 0.0133. The summed E-state index contributed by atoms with van der Waals surface area (Å²) in [6, 6.07) is -0.0925. The number of hydrogen-bond acceptors (Lipinski definition) is 6. The van der Waals surface area contributed by atoms with E-state index >= 15 is 0 Å². The molecule has 1 amide bonds. The van der Waals surface area contributed by atoms with Crippen molar-refractivity contribution in [3.63, 3.8) is 0 Å². The van der Waals surface area contributed by atoms with Crippen LogP contribution in [0, 0.1) is 5.82 Å². The highest BCUT2D eigenvalue weighted by Crippen LogP contribution is 2.24. The summed E-state index contributed by atoms with van der Waals surface area (Å²) in [5, 5.41) is 8.15. The number of fused-ring (bicyclic) bond motifs is 1. The highest BCUT2D eigenvalue weighted by Gasteiger charge is 2.34. The minimum atomic E-state index is -0.559. The summed E-state index contributed by atoms with van der Waals surface area (Å²) < 4.78 is 19.9. The standard InChI is InChI=1S/C15H19FN6O2/c1-9-5-12-11(8-21(9)14(23)24-15(2,3)4)19-20-22(12)13-17-6-10(16)7-18-13/h6-7,9H,5,8H2,1-4H3. The average Bonchev–Trinajstić information content (AvgIpc) is 2.88. The van der Waals surface area contributed by atoms with Gasteiger partial charge in [0.25, 0.3) is 5.95 Å². The molecule has 0 saturated heterocycles. The molecule has 0 spiro atoms. The van der Waals surface area contributed by atoms with E-state index in [1.807, 2.05) is 27.7 Å². The largest absolute Gasteiger partial charge is 0.444 e. The number of amides is 1. The zero-order chi connectivity index (χ0) is 17.5. The summed E-state index contributed by atoms with van der Waals surface area (Å²) in [5.41, 5.74) is 0.914. The first-order chi connectivity index (χ1) is 11.2. The lowest BCUT2D eigenvalue weighted by Crippen LogP contribution is -2.45. The Hall–Kier alpha value is -2.58. The number of carbonyl (C=O) groups is 1. The van der Waals surface area contributed by atoms with Crippen molar-refractivity contribution in [3.8, 4) is 5.95 Å². The van der Waals surface area contributed by atoms with Crippen molar-refractivity contribution in [3.05, 3.63) is 29.6 Å². The zero-order valence-corrected chi connectivity index (χ0v) is 14.0. The van der Waals surface area contributed by atoms with Crippen molar-refractivity contribution in [2.45, 2.75) is 52.3 Å². The van der Waals surface area contributed by atoms with Crippen LogP contribution in [0.4, 0.5) is 9.18 Å². The van der Waals surface area contributed by atoms with E-state index in [4.69, 9.17) is 4.74 Å². The third kappa shape index (κ3) is 3.19. The van der Waals surface area contributed by atoms with Gasteiger partial charge in [-0.3, -0.25) is 4.90 Å². The number of aromatic nitrogens is 5. The first-order valence-corrected chi connectivity index (χ1v) is 7.65. The molecule has 9 heteroatoms. The summed E-state index contributed by atoms with van der Waals surface area (Å²) >= 11 is 0. The Bertz CT molecular complexity index is 752. The Balaban J connectivity index is 1.85. The maximum atomic E-state index is 13.0. The van der Waals surface area contributed by atoms with Gasteiger partial charge in [-0.25, -0.2) is 19.2 Å². The molecular weight excluding hydrogens is 315 g/mol. The van der Waals surface area contributed by atoms with E-state index in [2.05, 4.69) is 20.3 Å². The molecule has 3 rings (SSSR count). The van der Waals surface area contributed by atoms with Gasteiger partial charge in [-0.2, -0.15) is 4.68 Å². The van der Waals surface area contributed by atoms with E-state index in [0.29, 0.717) is 18.7 Å². The molecule has 8 nitrogen and oxygen atoms in total. The fraction of sp³-hybridized carbons (Fsp3) is 0.533. The normalized spacial score (nSPS) is 17.5. The lowest BCUT2D eigenvalue weighted by Gasteiger charge is -2.34. The van der Waals surface area contributed by atoms with Crippen molar-refractivity contribution < 1.29 is 13.9 Å². The van der Waals surface area contributed by atoms with Crippen LogP contribution in [0.2, 0.25) is 0 Å². The highest BCUT2D eigenvalue weighted by atomic mass is 19.1. The molecule has 1 aliphatic heterocycles. The minimum absolute atomic E-state index is 0.0925. The van der Waals surface area contributed by atoms with Crippen molar-refractivity contribution in [2.75, 3.05) is 0 Å². The van der Waals surface area contributed by atoms with Crippen molar-refractivity contribution in [1.82, 2.24) is 29.9 Å². The van der Waals surface area contributed by atoms with Crippen LogP contribution < -0.4 is 0 Å². The van der Waals surface area contributed by atoms with Crippen molar-refractivity contribution in [2.24, 2.45) is 0 Å². The molecule has 0 aromatic carbocycles. The van der Waals surface area contributed by atoms with Crippen LogP contribution in [0.15, 0.2) is 12.4 Å². The molecule has 2 aromatic heterocycles. The van der Waals surface area contributed by atoms with E-state index in [1.165, 1.54) is 4.68 Å². The second-order valence-corrected chi connectivity index (χ2v) is 6.76. The number of carbonyl (C=O) groups excluding carboxylic acids is 1. The highest BCUT2D eigenvalue weighted by molar-refractivity contribution is 5.69. The molecule has 0 saturated carbocycles. The Morgan fingerprint density at radius 1 is 1.33 bits per heavy atom. The summed E-state index contributed by atoms with van der Waals surface area (Å²) in [6.45, 7) is 7.70. The van der Waals surface area contributed by atoms with Gasteiger partial charge in [-0.1, -0.05) is 5.21 Å². The van der Waals surface area contributed by atoms with Gasteiger partial charge < -0.3 is 4.74 Å². The predicted octanol–water partition coefficient (Wildman–Crippen LogP) is 1.88. The van der Waals surface area contributed by atoms with E-state index < -0.39 is 11.4 Å². The number of nitrogens with zero attached hydrogens (tertiary/aromatic N) is 6. The van der Waals surface area contributed by atoms with Gasteiger partial charge in [-0.15, -0.1) is 5.10 Å². The maximum Gasteiger partial charge on any atom is 0.410 e. The summed E-state index contributed by atoms with van der Waals surface area (Å²) in [6.07, 6.45) is 2.31. The van der Waals surface area contributed by atoms with E-state index in [1.54, 1.807) is 4.90 Å². The molecule has 2 aromatic rings. The van der Waals surface area contributed by atoms with Crippen LogP contribution in [0.1, 0.15) is 39.1 Å². The Labute approximate surface area is 138 Å². The predicted molar refractivity (Wildman–Crippen MR) is 81.9 cm³/mol. The lowest BCUT2D eigenvalue weighted by atomic mass is 10.0. The Morgan fingerprint density at radius 3 is 2.62 bits per heavy atom. The monoisotopic (exact) mass is 334 g/mol. The van der Waals surface area contributed by atoms with Gasteiger partial charge in [0.15, 0.2) is 5.82 Å². The van der Waals surface area contributed by atoms with Gasteiger partial charge in [0, 0.05) is 12.5 Å². The fourth-order valence-corrected chi connectivity index (χ4v) is 2.51. The van der Waals surface area contributed by atoms with Gasteiger partial charge in [0.05, 0.1) is 24.6 Å². The topological polar surface area (TPSA) is 86.0 Å². The first kappa shape index (κ1) is 16.3. The van der Waals surface area contributed by atoms with Crippen LogP contribution in [0.5, 0.6) is 0 Å². The SMILES string of the molecule is CC1Cc2c(nnn2-c2ncc(F)cn2)CN1C(=O)OC(C)(C)C.